The van der Waals surface area contributed by atoms with E-state index in [0.29, 0.717) is 30.3 Å². The number of nitrogens with one attached hydrogen (secondary N) is 1. The number of carbonyl (C=O) groups is 2. The molecule has 1 aromatic carbocycles. The minimum Gasteiger partial charge on any atom is -0.505 e. The molecular formula is C23H25N3O4. The largest absolute Gasteiger partial charge is 0.505 e. The number of aliphatic carboxylic acids is 1. The number of rotatable bonds is 9. The van der Waals surface area contributed by atoms with Gasteiger partial charge in [0.15, 0.2) is 0 Å². The monoisotopic (exact) mass is 407 g/mol. The molecular weight excluding hydrogens is 382 g/mol. The second-order valence-electron chi connectivity index (χ2n) is 7.27. The van der Waals surface area contributed by atoms with Gasteiger partial charge >= 0.3 is 5.97 Å². The smallest absolute Gasteiger partial charge is 0.303 e. The first-order chi connectivity index (χ1) is 14.5. The number of carbonyl (C=O) groups excluding carboxylic acids is 1. The van der Waals surface area contributed by atoms with Crippen LogP contribution in [0.3, 0.4) is 0 Å². The van der Waals surface area contributed by atoms with Crippen LogP contribution in [0, 0.1) is 6.92 Å². The molecule has 0 aliphatic carbocycles. The van der Waals surface area contributed by atoms with Crippen LogP contribution in [-0.4, -0.2) is 32.1 Å². The summed E-state index contributed by atoms with van der Waals surface area (Å²) in [5, 5.41) is 23.5. The molecule has 3 N–H and O–H groups in total. The van der Waals surface area contributed by atoms with Crippen molar-refractivity contribution in [2.75, 3.05) is 0 Å². The minimum atomic E-state index is -0.827. The maximum absolute atomic E-state index is 12.6. The fourth-order valence-electron chi connectivity index (χ4n) is 3.51. The van der Waals surface area contributed by atoms with Crippen LogP contribution in [-0.2, 0) is 9.59 Å². The van der Waals surface area contributed by atoms with Crippen molar-refractivity contribution in [2.45, 2.75) is 45.1 Å². The summed E-state index contributed by atoms with van der Waals surface area (Å²) < 4.78 is 0. The summed E-state index contributed by atoms with van der Waals surface area (Å²) in [6.45, 7) is 1.94. The number of aryl methyl sites for hydroxylation is 1. The average Bonchev–Trinajstić information content (AvgIpc) is 2.75. The molecule has 0 bridgehead atoms. The molecule has 3 rings (SSSR count). The van der Waals surface area contributed by atoms with Crippen molar-refractivity contribution < 1.29 is 19.8 Å². The lowest BCUT2D eigenvalue weighted by atomic mass is 9.94. The van der Waals surface area contributed by atoms with Crippen LogP contribution in [0.5, 0.6) is 5.75 Å². The minimum absolute atomic E-state index is 0.0341. The van der Waals surface area contributed by atoms with Crippen LogP contribution in [0.4, 0.5) is 0 Å². The number of fused-ring (bicyclic) bond motifs is 1. The summed E-state index contributed by atoms with van der Waals surface area (Å²) in [7, 11) is 0. The van der Waals surface area contributed by atoms with E-state index < -0.39 is 12.0 Å². The number of nitrogens with zero attached hydrogens (tertiary/aromatic N) is 2. The highest BCUT2D eigenvalue weighted by Crippen LogP contribution is 2.36. The van der Waals surface area contributed by atoms with Crippen molar-refractivity contribution in [3.63, 3.8) is 0 Å². The molecule has 0 saturated heterocycles. The molecule has 0 aliphatic rings. The topological polar surface area (TPSA) is 112 Å². The second-order valence-corrected chi connectivity index (χ2v) is 7.27. The van der Waals surface area contributed by atoms with Gasteiger partial charge in [0, 0.05) is 42.4 Å². The van der Waals surface area contributed by atoms with Crippen LogP contribution in [0.15, 0.2) is 48.9 Å². The van der Waals surface area contributed by atoms with Gasteiger partial charge in [-0.2, -0.15) is 0 Å². The normalized spacial score (nSPS) is 11.9. The number of unbranched alkanes of at least 4 members (excludes halogenated alkanes) is 2. The zero-order valence-corrected chi connectivity index (χ0v) is 16.8. The van der Waals surface area contributed by atoms with Gasteiger partial charge in [-0.05, 0) is 49.1 Å². The standard InChI is InChI=1S/C23H25N3O4/c1-15-13-18(23(30)22-17(15)8-6-12-25-22)21(16-7-5-11-24-14-16)26-19(27)9-3-2-4-10-20(28)29/h5-8,11-14,21,30H,2-4,9-10H2,1H3,(H,26,27)(H,28,29). The second kappa shape index (κ2) is 9.82. The predicted octanol–water partition coefficient (Wildman–Crippen LogP) is 3.88. The molecule has 0 saturated carbocycles. The van der Waals surface area contributed by atoms with E-state index in [-0.39, 0.29) is 24.5 Å². The maximum Gasteiger partial charge on any atom is 0.303 e. The Morgan fingerprint density at radius 2 is 1.87 bits per heavy atom. The Kier molecular flexibility index (Phi) is 6.95. The number of carboxylic acids is 1. The Morgan fingerprint density at radius 1 is 1.10 bits per heavy atom. The fraction of sp³-hybridized carbons (Fsp3) is 0.304. The summed E-state index contributed by atoms with van der Waals surface area (Å²) in [5.74, 6) is -0.962. The van der Waals surface area contributed by atoms with Crippen LogP contribution in [0.1, 0.15) is 54.8 Å². The first-order valence-corrected chi connectivity index (χ1v) is 9.95. The Labute approximate surface area is 174 Å². The number of phenols is 1. The summed E-state index contributed by atoms with van der Waals surface area (Å²) in [5.41, 5.74) is 2.75. The zero-order valence-electron chi connectivity index (χ0n) is 16.8. The summed E-state index contributed by atoms with van der Waals surface area (Å²) in [4.78, 5) is 31.7. The first kappa shape index (κ1) is 21.2. The van der Waals surface area contributed by atoms with Gasteiger partial charge in [0.1, 0.15) is 11.3 Å². The Bertz CT molecular complexity index is 1040. The highest BCUT2D eigenvalue weighted by molar-refractivity contribution is 5.89. The lowest BCUT2D eigenvalue weighted by Gasteiger charge is -2.22. The number of aromatic nitrogens is 2. The maximum atomic E-state index is 12.6. The quantitative estimate of drug-likeness (QED) is 0.464. The van der Waals surface area contributed by atoms with Crippen LogP contribution >= 0.6 is 0 Å². The number of amides is 1. The molecule has 2 heterocycles. The van der Waals surface area contributed by atoms with Gasteiger partial charge in [-0.25, -0.2) is 0 Å². The van der Waals surface area contributed by atoms with E-state index in [2.05, 4.69) is 15.3 Å². The van der Waals surface area contributed by atoms with E-state index in [9.17, 15) is 14.7 Å². The number of pyridine rings is 2. The van der Waals surface area contributed by atoms with E-state index in [1.807, 2.05) is 31.2 Å². The predicted molar refractivity (Wildman–Crippen MR) is 113 cm³/mol. The van der Waals surface area contributed by atoms with Gasteiger partial charge in [-0.3, -0.25) is 19.6 Å². The molecule has 7 heteroatoms. The van der Waals surface area contributed by atoms with E-state index in [1.165, 1.54) is 0 Å². The van der Waals surface area contributed by atoms with E-state index in [1.54, 1.807) is 24.7 Å². The first-order valence-electron chi connectivity index (χ1n) is 9.95. The SMILES string of the molecule is Cc1cc(C(NC(=O)CCCCCC(=O)O)c2cccnc2)c(O)c2ncccc12. The Morgan fingerprint density at radius 3 is 2.60 bits per heavy atom. The zero-order chi connectivity index (χ0) is 21.5. The lowest BCUT2D eigenvalue weighted by Crippen LogP contribution is -2.29. The van der Waals surface area contributed by atoms with Gasteiger partial charge < -0.3 is 15.5 Å². The highest BCUT2D eigenvalue weighted by atomic mass is 16.4. The van der Waals surface area contributed by atoms with E-state index in [0.717, 1.165) is 16.5 Å². The van der Waals surface area contributed by atoms with Crippen molar-refractivity contribution in [1.29, 1.82) is 0 Å². The highest BCUT2D eigenvalue weighted by Gasteiger charge is 2.23. The van der Waals surface area contributed by atoms with E-state index in [4.69, 9.17) is 5.11 Å². The fourth-order valence-corrected chi connectivity index (χ4v) is 3.51. The third-order valence-corrected chi connectivity index (χ3v) is 5.03. The van der Waals surface area contributed by atoms with Gasteiger partial charge in [-0.1, -0.05) is 18.6 Å². The molecule has 1 atom stereocenters. The molecule has 0 aliphatic heterocycles. The van der Waals surface area contributed by atoms with Crippen LogP contribution in [0.25, 0.3) is 10.9 Å². The summed E-state index contributed by atoms with van der Waals surface area (Å²) in [6, 6.07) is 8.64. The number of hydrogen-bond acceptors (Lipinski definition) is 5. The Hall–Kier alpha value is -3.48. The molecule has 7 nitrogen and oxygen atoms in total. The van der Waals surface area contributed by atoms with Crippen molar-refractivity contribution in [3.05, 3.63) is 65.6 Å². The molecule has 1 amide bonds. The molecule has 30 heavy (non-hydrogen) atoms. The van der Waals surface area contributed by atoms with Crippen LogP contribution < -0.4 is 5.32 Å². The Balaban J connectivity index is 1.84. The molecule has 156 valence electrons. The van der Waals surface area contributed by atoms with Gasteiger partial charge in [0.2, 0.25) is 5.91 Å². The molecule has 3 aromatic rings. The van der Waals surface area contributed by atoms with Gasteiger partial charge in [0.05, 0.1) is 6.04 Å². The third-order valence-electron chi connectivity index (χ3n) is 5.03. The van der Waals surface area contributed by atoms with Crippen molar-refractivity contribution >= 4 is 22.8 Å². The lowest BCUT2D eigenvalue weighted by molar-refractivity contribution is -0.137. The average molecular weight is 407 g/mol. The van der Waals surface area contributed by atoms with Crippen molar-refractivity contribution in [3.8, 4) is 5.75 Å². The molecule has 2 aromatic heterocycles. The number of hydrogen-bond donors (Lipinski definition) is 3. The third kappa shape index (κ3) is 5.11. The van der Waals surface area contributed by atoms with Crippen molar-refractivity contribution in [1.82, 2.24) is 15.3 Å². The number of aromatic hydroxyl groups is 1. The summed E-state index contributed by atoms with van der Waals surface area (Å²) in [6.07, 6.45) is 7.14. The van der Waals surface area contributed by atoms with Gasteiger partial charge in [0.25, 0.3) is 0 Å². The molecule has 1 unspecified atom stereocenters. The molecule has 0 fully saturated rings. The van der Waals surface area contributed by atoms with Crippen molar-refractivity contribution in [2.24, 2.45) is 0 Å². The van der Waals surface area contributed by atoms with Crippen LogP contribution in [0.2, 0.25) is 0 Å². The van der Waals surface area contributed by atoms with Gasteiger partial charge in [-0.15, -0.1) is 0 Å². The number of carboxylic acid groups (broad SMARTS) is 1. The number of phenolic OH excluding ortho intramolecular Hbond substituents is 1. The molecule has 0 spiro atoms. The summed E-state index contributed by atoms with van der Waals surface area (Å²) >= 11 is 0. The number of benzene rings is 1. The molecule has 0 radical (unpaired) electrons. The van der Waals surface area contributed by atoms with E-state index >= 15 is 0 Å².